The lowest BCUT2D eigenvalue weighted by Crippen LogP contribution is -2.58. The Bertz CT molecular complexity index is 1550. The molecule has 12 heteroatoms. The number of nitrogens with zero attached hydrogens (tertiary/aromatic N) is 4. The van der Waals surface area contributed by atoms with Gasteiger partial charge in [0, 0.05) is 10.9 Å². The molecule has 3 aliphatic rings. The monoisotopic (exact) mass is 620 g/mol. The number of hydrogen-bond donors (Lipinski definition) is 3. The van der Waals surface area contributed by atoms with E-state index in [9.17, 15) is 19.5 Å². The lowest BCUT2D eigenvalue weighted by Gasteiger charge is -2.40. The largest absolute Gasteiger partial charge is 0.494 e. The fraction of sp³-hybridized carbons (Fsp3) is 0.531. The molecule has 4 heterocycles. The van der Waals surface area contributed by atoms with E-state index in [4.69, 9.17) is 4.74 Å². The van der Waals surface area contributed by atoms with Gasteiger partial charge in [-0.25, -0.2) is 4.68 Å². The first-order valence-electron chi connectivity index (χ1n) is 15.4. The number of rotatable bonds is 11. The van der Waals surface area contributed by atoms with E-state index in [1.165, 1.54) is 0 Å². The quantitative estimate of drug-likeness (QED) is 0.297. The Hall–Kier alpha value is -3.64. The number of aliphatic hydroxyl groups excluding tert-OH is 1. The second-order valence-corrected chi connectivity index (χ2v) is 14.0. The third-order valence-electron chi connectivity index (χ3n) is 9.34. The average molecular weight is 621 g/mol. The van der Waals surface area contributed by atoms with E-state index in [-0.39, 0.29) is 48.1 Å². The number of aromatic nitrogens is 3. The first-order valence-corrected chi connectivity index (χ1v) is 16.3. The summed E-state index contributed by atoms with van der Waals surface area (Å²) < 4.78 is 6.34. The van der Waals surface area contributed by atoms with Crippen molar-refractivity contribution in [2.75, 3.05) is 18.5 Å². The lowest BCUT2D eigenvalue weighted by molar-refractivity contribution is -0.142. The molecule has 6 rings (SSSR count). The van der Waals surface area contributed by atoms with Crippen LogP contribution >= 0.6 is 11.8 Å². The molecule has 3 saturated heterocycles. The molecule has 3 aromatic rings. The standard InChI is InChI=1S/C32H40N6O5S/c1-5-43-22-12-10-20(11-13-22)34-29(40)26-25-15-19(4)32(44-25)27(26)31(42)38(21(16-39)14-18(2)3)28(32)30(41)33-17-37-24-9-7-6-8-23(24)35-36-37/h6-13,18-19,21,25-28,39H,5,14-17H2,1-4H3,(H,33,41)(H,34,40)/t19?,21-,25+,26-,27+,28?,32?/m1/s1. The summed E-state index contributed by atoms with van der Waals surface area (Å²) in [6.45, 7) is 8.41. The molecule has 3 fully saturated rings. The smallest absolute Gasteiger partial charge is 0.245 e. The highest BCUT2D eigenvalue weighted by molar-refractivity contribution is 8.02. The van der Waals surface area contributed by atoms with E-state index in [2.05, 4.69) is 27.9 Å². The summed E-state index contributed by atoms with van der Waals surface area (Å²) in [5, 5.41) is 24.9. The zero-order valence-corrected chi connectivity index (χ0v) is 26.3. The first kappa shape index (κ1) is 30.4. The molecule has 2 aromatic carbocycles. The van der Waals surface area contributed by atoms with Gasteiger partial charge in [0.25, 0.3) is 0 Å². The van der Waals surface area contributed by atoms with Crippen LogP contribution in [0.1, 0.15) is 40.5 Å². The average Bonchev–Trinajstić information content (AvgIpc) is 3.73. The van der Waals surface area contributed by atoms with Crippen molar-refractivity contribution < 1.29 is 24.2 Å². The number of carbonyl (C=O) groups is 3. The van der Waals surface area contributed by atoms with E-state index < -0.39 is 28.7 Å². The molecule has 1 aromatic heterocycles. The van der Waals surface area contributed by atoms with Gasteiger partial charge in [0.05, 0.1) is 41.4 Å². The van der Waals surface area contributed by atoms with Crippen LogP contribution < -0.4 is 15.4 Å². The number of likely N-dealkylation sites (tertiary alicyclic amines) is 1. The van der Waals surface area contributed by atoms with Crippen LogP contribution in [-0.4, -0.2) is 78.0 Å². The van der Waals surface area contributed by atoms with Crippen LogP contribution in [0.25, 0.3) is 11.0 Å². The van der Waals surface area contributed by atoms with Crippen molar-refractivity contribution in [3.63, 3.8) is 0 Å². The van der Waals surface area contributed by atoms with Crippen LogP contribution in [0.3, 0.4) is 0 Å². The Balaban J connectivity index is 1.31. The Morgan fingerprint density at radius 2 is 1.91 bits per heavy atom. The van der Waals surface area contributed by atoms with Crippen molar-refractivity contribution in [3.05, 3.63) is 48.5 Å². The van der Waals surface area contributed by atoms with Gasteiger partial charge in [-0.15, -0.1) is 16.9 Å². The van der Waals surface area contributed by atoms with E-state index in [1.54, 1.807) is 45.6 Å². The number of benzene rings is 2. The molecule has 3 aliphatic heterocycles. The highest BCUT2D eigenvalue weighted by atomic mass is 32.2. The van der Waals surface area contributed by atoms with Gasteiger partial charge in [-0.1, -0.05) is 38.1 Å². The fourth-order valence-electron chi connectivity index (χ4n) is 7.58. The number of fused-ring (bicyclic) bond motifs is 2. The summed E-state index contributed by atoms with van der Waals surface area (Å²) in [6.07, 6.45) is 1.25. The van der Waals surface area contributed by atoms with Crippen molar-refractivity contribution in [3.8, 4) is 5.75 Å². The summed E-state index contributed by atoms with van der Waals surface area (Å²) in [5.41, 5.74) is 2.13. The summed E-state index contributed by atoms with van der Waals surface area (Å²) in [5.74, 6) is -1.15. The maximum Gasteiger partial charge on any atom is 0.245 e. The molecule has 234 valence electrons. The maximum absolute atomic E-state index is 14.5. The minimum atomic E-state index is -0.848. The van der Waals surface area contributed by atoms with E-state index >= 15 is 0 Å². The fourth-order valence-corrected chi connectivity index (χ4v) is 9.99. The number of anilines is 1. The summed E-state index contributed by atoms with van der Waals surface area (Å²) in [4.78, 5) is 44.3. The Labute approximate surface area is 261 Å². The van der Waals surface area contributed by atoms with Gasteiger partial charge < -0.3 is 25.4 Å². The molecule has 1 spiro atoms. The molecule has 7 atom stereocenters. The molecule has 3 unspecified atom stereocenters. The first-order chi connectivity index (χ1) is 21.2. The van der Waals surface area contributed by atoms with Crippen LogP contribution in [0, 0.1) is 23.7 Å². The second-order valence-electron chi connectivity index (χ2n) is 12.5. The number of nitrogens with one attached hydrogen (secondary N) is 2. The number of para-hydroxylation sites is 1. The van der Waals surface area contributed by atoms with Crippen molar-refractivity contribution in [1.82, 2.24) is 25.2 Å². The minimum Gasteiger partial charge on any atom is -0.494 e. The van der Waals surface area contributed by atoms with E-state index in [0.717, 1.165) is 17.5 Å². The van der Waals surface area contributed by atoms with Crippen LogP contribution in [0.2, 0.25) is 0 Å². The van der Waals surface area contributed by atoms with Crippen molar-refractivity contribution in [2.45, 2.75) is 69.3 Å². The molecule has 3 N–H and O–H groups in total. The number of hydrogen-bond acceptors (Lipinski definition) is 8. The minimum absolute atomic E-state index is 0.00678. The van der Waals surface area contributed by atoms with Gasteiger partial charge in [0.1, 0.15) is 24.0 Å². The lowest BCUT2D eigenvalue weighted by atomic mass is 9.66. The number of carbonyl (C=O) groups excluding carboxylic acids is 3. The highest BCUT2D eigenvalue weighted by Gasteiger charge is 2.76. The second kappa shape index (κ2) is 12.0. The van der Waals surface area contributed by atoms with Gasteiger partial charge in [-0.05, 0) is 68.0 Å². The summed E-state index contributed by atoms with van der Waals surface area (Å²) in [7, 11) is 0. The normalized spacial score (nSPS) is 28.0. The molecule has 11 nitrogen and oxygen atoms in total. The third-order valence-corrected chi connectivity index (χ3v) is 11.4. The van der Waals surface area contributed by atoms with Gasteiger partial charge >= 0.3 is 0 Å². The van der Waals surface area contributed by atoms with Gasteiger partial charge in [0.2, 0.25) is 17.7 Å². The zero-order valence-electron chi connectivity index (χ0n) is 25.5. The van der Waals surface area contributed by atoms with Gasteiger partial charge in [0.15, 0.2) is 0 Å². The molecule has 44 heavy (non-hydrogen) atoms. The highest BCUT2D eigenvalue weighted by Crippen LogP contribution is 2.69. The van der Waals surface area contributed by atoms with Gasteiger partial charge in [-0.2, -0.15) is 0 Å². The number of ether oxygens (including phenoxy) is 1. The van der Waals surface area contributed by atoms with Crippen LogP contribution in [0.5, 0.6) is 5.75 Å². The van der Waals surface area contributed by atoms with Crippen molar-refractivity contribution >= 4 is 46.2 Å². The zero-order chi connectivity index (χ0) is 31.2. The van der Waals surface area contributed by atoms with Gasteiger partial charge in [-0.3, -0.25) is 14.4 Å². The molecule has 0 aliphatic carbocycles. The predicted molar refractivity (Wildman–Crippen MR) is 168 cm³/mol. The van der Waals surface area contributed by atoms with E-state index in [1.807, 2.05) is 45.0 Å². The third kappa shape index (κ3) is 5.01. The van der Waals surface area contributed by atoms with Crippen molar-refractivity contribution in [1.29, 1.82) is 0 Å². The summed E-state index contributed by atoms with van der Waals surface area (Å²) >= 11 is 1.61. The molecule has 3 amide bonds. The van der Waals surface area contributed by atoms with Crippen LogP contribution in [0.4, 0.5) is 5.69 Å². The Morgan fingerprint density at radius 1 is 1.16 bits per heavy atom. The molecule has 2 bridgehead atoms. The SMILES string of the molecule is CCOc1ccc(NC(=O)[C@@H]2[C@@H]3CC(C)C4(S3)C(C(=O)NCn3nnc5ccccc53)N([C@@H](CO)CC(C)C)C(=O)[C@H]24)cc1. The Kier molecular flexibility index (Phi) is 8.31. The number of amides is 3. The number of aliphatic hydroxyl groups is 1. The van der Waals surface area contributed by atoms with Crippen LogP contribution in [0.15, 0.2) is 48.5 Å². The molecular formula is C32H40N6O5S. The van der Waals surface area contributed by atoms with Crippen LogP contribution in [-0.2, 0) is 21.1 Å². The molecule has 0 radical (unpaired) electrons. The maximum atomic E-state index is 14.5. The topological polar surface area (TPSA) is 139 Å². The predicted octanol–water partition coefficient (Wildman–Crippen LogP) is 3.29. The molecular weight excluding hydrogens is 580 g/mol. The molecule has 0 saturated carbocycles. The van der Waals surface area contributed by atoms with Crippen molar-refractivity contribution in [2.24, 2.45) is 23.7 Å². The number of thioether (sulfide) groups is 1. The summed E-state index contributed by atoms with van der Waals surface area (Å²) in [6, 6.07) is 13.3. The van der Waals surface area contributed by atoms with E-state index in [0.29, 0.717) is 24.5 Å². The Morgan fingerprint density at radius 3 is 2.61 bits per heavy atom.